The van der Waals surface area contributed by atoms with E-state index >= 15 is 0 Å². The van der Waals surface area contributed by atoms with Crippen LogP contribution in [0, 0.1) is 18.3 Å². The summed E-state index contributed by atoms with van der Waals surface area (Å²) in [5, 5.41) is 16.0. The lowest BCUT2D eigenvalue weighted by atomic mass is 9.95. The fourth-order valence-electron chi connectivity index (χ4n) is 3.29. The molecule has 1 aliphatic carbocycles. The van der Waals surface area contributed by atoms with Crippen LogP contribution in [0.3, 0.4) is 0 Å². The van der Waals surface area contributed by atoms with Crippen LogP contribution in [-0.4, -0.2) is 16.9 Å². The van der Waals surface area contributed by atoms with Crippen LogP contribution in [0.4, 0.5) is 17.3 Å². The first-order valence-electron chi connectivity index (χ1n) is 8.92. The lowest BCUT2D eigenvalue weighted by Gasteiger charge is -2.24. The molecule has 0 radical (unpaired) electrons. The second-order valence-corrected chi connectivity index (χ2v) is 6.73. The number of carbonyl (C=O) groups excluding carboxylic acids is 1. The zero-order valence-corrected chi connectivity index (χ0v) is 14.9. The Morgan fingerprint density at radius 3 is 2.65 bits per heavy atom. The Balaban J connectivity index is 1.96. The number of hydrogen-bond acceptors (Lipinski definition) is 5. The van der Waals surface area contributed by atoms with Crippen LogP contribution in [-0.2, 0) is 0 Å². The molecule has 0 bridgehead atoms. The predicted octanol–water partition coefficient (Wildman–Crippen LogP) is 3.85. The number of amides is 1. The average Bonchev–Trinajstić information content (AvgIpc) is 2.62. The smallest absolute Gasteiger partial charge is 0.252 e. The maximum atomic E-state index is 11.9. The highest BCUT2D eigenvalue weighted by Crippen LogP contribution is 2.27. The fourth-order valence-corrected chi connectivity index (χ4v) is 3.29. The van der Waals surface area contributed by atoms with Crippen molar-refractivity contribution >= 4 is 23.2 Å². The third-order valence-corrected chi connectivity index (χ3v) is 4.64. The van der Waals surface area contributed by atoms with Crippen LogP contribution in [0.5, 0.6) is 0 Å². The number of aryl methyl sites for hydroxylation is 1. The first kappa shape index (κ1) is 17.7. The molecule has 1 saturated carbocycles. The number of nitrogens with one attached hydrogen (secondary N) is 2. The zero-order valence-electron chi connectivity index (χ0n) is 14.9. The molecule has 2 aromatic rings. The number of nitrogens with zero attached hydrogens (tertiary/aromatic N) is 2. The molecule has 0 saturated heterocycles. The number of rotatable bonds is 5. The van der Waals surface area contributed by atoms with Crippen molar-refractivity contribution in [1.29, 1.82) is 5.26 Å². The second-order valence-electron chi connectivity index (χ2n) is 6.73. The minimum atomic E-state index is -0.617. The van der Waals surface area contributed by atoms with E-state index in [0.717, 1.165) is 24.1 Å². The van der Waals surface area contributed by atoms with Crippen molar-refractivity contribution < 1.29 is 4.79 Å². The van der Waals surface area contributed by atoms with E-state index in [1.54, 1.807) is 0 Å². The molecule has 26 heavy (non-hydrogen) atoms. The molecule has 1 aliphatic rings. The van der Waals surface area contributed by atoms with Gasteiger partial charge >= 0.3 is 0 Å². The van der Waals surface area contributed by atoms with Gasteiger partial charge in [0.15, 0.2) is 0 Å². The van der Waals surface area contributed by atoms with Gasteiger partial charge in [0, 0.05) is 11.7 Å². The summed E-state index contributed by atoms with van der Waals surface area (Å²) in [6, 6.07) is 11.7. The molecule has 1 amide bonds. The SMILES string of the molecule is Cc1cccc(Nc2nc(NC3CCCCC3)c(C#N)cc2C(N)=O)c1. The number of aromatic nitrogens is 1. The van der Waals surface area contributed by atoms with Crippen LogP contribution in [0.1, 0.15) is 53.6 Å². The van der Waals surface area contributed by atoms with Gasteiger partial charge in [0.2, 0.25) is 0 Å². The van der Waals surface area contributed by atoms with Gasteiger partial charge in [0.25, 0.3) is 5.91 Å². The average molecular weight is 349 g/mol. The Morgan fingerprint density at radius 2 is 2.00 bits per heavy atom. The summed E-state index contributed by atoms with van der Waals surface area (Å²) < 4.78 is 0. The Hall–Kier alpha value is -3.07. The largest absolute Gasteiger partial charge is 0.366 e. The molecule has 6 nitrogen and oxygen atoms in total. The van der Waals surface area contributed by atoms with E-state index in [4.69, 9.17) is 5.73 Å². The van der Waals surface area contributed by atoms with Crippen LogP contribution >= 0.6 is 0 Å². The Kier molecular flexibility index (Phi) is 5.37. The molecule has 0 unspecified atom stereocenters. The third-order valence-electron chi connectivity index (χ3n) is 4.64. The molecule has 0 aliphatic heterocycles. The predicted molar refractivity (Wildman–Crippen MR) is 102 cm³/mol. The summed E-state index contributed by atoms with van der Waals surface area (Å²) in [6.07, 6.45) is 5.72. The van der Waals surface area contributed by atoms with Crippen LogP contribution in [0.2, 0.25) is 0 Å². The zero-order chi connectivity index (χ0) is 18.5. The molecule has 6 heteroatoms. The number of pyridine rings is 1. The van der Waals surface area contributed by atoms with E-state index in [1.165, 1.54) is 25.3 Å². The second kappa shape index (κ2) is 7.87. The standard InChI is InChI=1S/C20H23N5O/c1-13-6-5-9-16(10-13)24-20-17(18(22)26)11-14(12-21)19(25-20)23-15-7-3-2-4-8-15/h5-6,9-11,15H,2-4,7-8H2,1H3,(H2,22,26)(H2,23,24,25). The Labute approximate surface area is 153 Å². The summed E-state index contributed by atoms with van der Waals surface area (Å²) in [5.41, 5.74) is 7.95. The van der Waals surface area contributed by atoms with Gasteiger partial charge in [-0.2, -0.15) is 5.26 Å². The molecule has 1 aromatic carbocycles. The van der Waals surface area contributed by atoms with E-state index in [2.05, 4.69) is 21.7 Å². The van der Waals surface area contributed by atoms with Crippen molar-refractivity contribution in [2.75, 3.05) is 10.6 Å². The summed E-state index contributed by atoms with van der Waals surface area (Å²) >= 11 is 0. The van der Waals surface area contributed by atoms with Crippen molar-refractivity contribution in [2.24, 2.45) is 5.73 Å². The molecule has 1 heterocycles. The van der Waals surface area contributed by atoms with Gasteiger partial charge in [-0.3, -0.25) is 4.79 Å². The highest BCUT2D eigenvalue weighted by molar-refractivity contribution is 5.99. The van der Waals surface area contributed by atoms with Gasteiger partial charge in [-0.1, -0.05) is 31.4 Å². The van der Waals surface area contributed by atoms with Gasteiger partial charge in [0.1, 0.15) is 17.7 Å². The number of anilines is 3. The number of benzene rings is 1. The molecule has 3 rings (SSSR count). The summed E-state index contributed by atoms with van der Waals surface area (Å²) in [7, 11) is 0. The van der Waals surface area contributed by atoms with Crippen LogP contribution in [0.25, 0.3) is 0 Å². The maximum absolute atomic E-state index is 11.9. The monoisotopic (exact) mass is 349 g/mol. The molecule has 0 spiro atoms. The summed E-state index contributed by atoms with van der Waals surface area (Å²) in [4.78, 5) is 16.4. The Morgan fingerprint density at radius 1 is 1.23 bits per heavy atom. The van der Waals surface area contributed by atoms with Crippen molar-refractivity contribution in [2.45, 2.75) is 45.1 Å². The summed E-state index contributed by atoms with van der Waals surface area (Å²) in [6.45, 7) is 1.99. The number of primary amides is 1. The van der Waals surface area contributed by atoms with E-state index in [1.807, 2.05) is 31.2 Å². The fraction of sp³-hybridized carbons (Fsp3) is 0.350. The number of hydrogen-bond donors (Lipinski definition) is 3. The maximum Gasteiger partial charge on any atom is 0.252 e. The van der Waals surface area contributed by atoms with Gasteiger partial charge in [-0.25, -0.2) is 4.98 Å². The van der Waals surface area contributed by atoms with Crippen molar-refractivity contribution in [3.63, 3.8) is 0 Å². The first-order chi connectivity index (χ1) is 12.6. The quantitative estimate of drug-likeness (QED) is 0.760. The highest BCUT2D eigenvalue weighted by Gasteiger charge is 2.19. The molecule has 1 aromatic heterocycles. The lowest BCUT2D eigenvalue weighted by molar-refractivity contribution is 0.100. The van der Waals surface area contributed by atoms with E-state index in [9.17, 15) is 10.1 Å². The normalized spacial score (nSPS) is 14.5. The topological polar surface area (TPSA) is 104 Å². The van der Waals surface area contributed by atoms with Crippen LogP contribution < -0.4 is 16.4 Å². The van der Waals surface area contributed by atoms with E-state index in [-0.39, 0.29) is 5.56 Å². The van der Waals surface area contributed by atoms with Gasteiger partial charge in [-0.15, -0.1) is 0 Å². The Bertz CT molecular complexity index is 850. The van der Waals surface area contributed by atoms with Crippen molar-refractivity contribution in [3.05, 3.63) is 47.0 Å². The minimum absolute atomic E-state index is 0.206. The number of nitriles is 1. The summed E-state index contributed by atoms with van der Waals surface area (Å²) in [5.74, 6) is 0.244. The van der Waals surface area contributed by atoms with Gasteiger partial charge in [0.05, 0.1) is 11.1 Å². The molecule has 0 atom stereocenters. The molecule has 1 fully saturated rings. The highest BCUT2D eigenvalue weighted by atomic mass is 16.1. The molecule has 4 N–H and O–H groups in total. The third kappa shape index (κ3) is 4.12. The van der Waals surface area contributed by atoms with Crippen LogP contribution in [0.15, 0.2) is 30.3 Å². The number of nitrogens with two attached hydrogens (primary N) is 1. The minimum Gasteiger partial charge on any atom is -0.366 e. The first-order valence-corrected chi connectivity index (χ1v) is 8.92. The molecular formula is C20H23N5O. The van der Waals surface area contributed by atoms with E-state index in [0.29, 0.717) is 23.2 Å². The van der Waals surface area contributed by atoms with Crippen molar-refractivity contribution in [3.8, 4) is 6.07 Å². The van der Waals surface area contributed by atoms with E-state index < -0.39 is 5.91 Å². The van der Waals surface area contributed by atoms with Gasteiger partial charge in [-0.05, 0) is 43.5 Å². The lowest BCUT2D eigenvalue weighted by Crippen LogP contribution is -2.24. The van der Waals surface area contributed by atoms with Crippen molar-refractivity contribution in [1.82, 2.24) is 4.98 Å². The molecule has 134 valence electrons. The molecular weight excluding hydrogens is 326 g/mol. The van der Waals surface area contributed by atoms with Gasteiger partial charge < -0.3 is 16.4 Å². The number of carbonyl (C=O) groups is 1.